The van der Waals surface area contributed by atoms with E-state index >= 15 is 0 Å². The van der Waals surface area contributed by atoms with Crippen molar-refractivity contribution in [1.29, 1.82) is 0 Å². The Morgan fingerprint density at radius 1 is 1.06 bits per heavy atom. The molecule has 2 aromatic heterocycles. The molecular weight excluding hydrogens is 262 g/mol. The van der Waals surface area contributed by atoms with Crippen LogP contribution in [0.2, 0.25) is 0 Å². The van der Waals surface area contributed by atoms with Crippen LogP contribution in [0.1, 0.15) is 10.4 Å². The van der Waals surface area contributed by atoms with Gasteiger partial charge in [0.25, 0.3) is 0 Å². The monoisotopic (exact) mass is 275 g/mol. The maximum absolute atomic E-state index is 9.33. The van der Waals surface area contributed by atoms with Crippen molar-refractivity contribution in [3.63, 3.8) is 0 Å². The number of nitrogens with two attached hydrogens (primary N) is 1. The number of thiophene rings is 2. The second-order valence-electron chi connectivity index (χ2n) is 4.34. The van der Waals surface area contributed by atoms with Gasteiger partial charge in [-0.1, -0.05) is 0 Å². The predicted molar refractivity (Wildman–Crippen MR) is 80.7 cm³/mol. The molecule has 0 fully saturated rings. The first-order valence-corrected chi connectivity index (χ1v) is 7.28. The fourth-order valence-electron chi connectivity index (χ4n) is 2.07. The van der Waals surface area contributed by atoms with Crippen molar-refractivity contribution in [3.05, 3.63) is 34.7 Å². The van der Waals surface area contributed by atoms with Crippen LogP contribution in [-0.4, -0.2) is 5.11 Å². The minimum atomic E-state index is 0.280. The smallest absolute Gasteiger partial charge is 0.115 e. The fourth-order valence-corrected chi connectivity index (χ4v) is 4.77. The highest BCUT2D eigenvalue weighted by molar-refractivity contribution is 7.40. The van der Waals surface area contributed by atoms with Gasteiger partial charge in [-0.3, -0.25) is 0 Å². The van der Waals surface area contributed by atoms with Crippen LogP contribution in [0.5, 0.6) is 5.75 Å². The molecule has 0 aliphatic heterocycles. The van der Waals surface area contributed by atoms with Gasteiger partial charge in [-0.15, -0.1) is 22.7 Å². The fraction of sp³-hybridized carbons (Fsp3) is 0.143. The molecule has 0 amide bonds. The number of benzene rings is 1. The number of phenols is 1. The second-order valence-corrected chi connectivity index (χ2v) is 6.84. The second kappa shape index (κ2) is 4.00. The quantitative estimate of drug-likeness (QED) is 0.685. The van der Waals surface area contributed by atoms with E-state index in [-0.39, 0.29) is 5.75 Å². The predicted octanol–water partition coefficient (Wildman–Crippen LogP) is 4.53. The molecule has 2 nitrogen and oxygen atoms in total. The van der Waals surface area contributed by atoms with E-state index in [0.29, 0.717) is 0 Å². The minimum absolute atomic E-state index is 0.280. The van der Waals surface area contributed by atoms with Crippen LogP contribution in [0.15, 0.2) is 24.3 Å². The van der Waals surface area contributed by atoms with Gasteiger partial charge in [-0.25, -0.2) is 0 Å². The standard InChI is InChI=1S/C14H13NOS2/c1-7-8(2)17-14-11(7)12(15)13(18-14)9-3-5-10(16)6-4-9/h3-6,16H,15H2,1-2H3. The van der Waals surface area contributed by atoms with Gasteiger partial charge in [0.15, 0.2) is 0 Å². The Labute approximate surface area is 113 Å². The molecule has 0 radical (unpaired) electrons. The number of phenolic OH excluding ortho intramolecular Hbond substituents is 1. The maximum atomic E-state index is 9.33. The SMILES string of the molecule is Cc1sc2sc(-c3ccc(O)cc3)c(N)c2c1C. The summed E-state index contributed by atoms with van der Waals surface area (Å²) in [5.41, 5.74) is 9.49. The molecule has 0 saturated carbocycles. The number of nitrogen functional groups attached to an aromatic ring is 1. The Morgan fingerprint density at radius 3 is 2.33 bits per heavy atom. The van der Waals surface area contributed by atoms with Crippen LogP contribution < -0.4 is 5.73 Å². The van der Waals surface area contributed by atoms with E-state index in [9.17, 15) is 5.11 Å². The Hall–Kier alpha value is -1.52. The lowest BCUT2D eigenvalue weighted by molar-refractivity contribution is 0.475. The van der Waals surface area contributed by atoms with Gasteiger partial charge >= 0.3 is 0 Å². The highest BCUT2D eigenvalue weighted by atomic mass is 32.2. The average molecular weight is 275 g/mol. The molecule has 0 bridgehead atoms. The lowest BCUT2D eigenvalue weighted by atomic mass is 10.1. The molecule has 92 valence electrons. The van der Waals surface area contributed by atoms with Crippen LogP contribution in [-0.2, 0) is 0 Å². The molecule has 0 saturated heterocycles. The summed E-state index contributed by atoms with van der Waals surface area (Å²) in [6.45, 7) is 4.25. The van der Waals surface area contributed by atoms with Crippen molar-refractivity contribution < 1.29 is 5.11 Å². The molecule has 2 heterocycles. The van der Waals surface area contributed by atoms with Gasteiger partial charge in [0.1, 0.15) is 5.75 Å². The van der Waals surface area contributed by atoms with E-state index < -0.39 is 0 Å². The van der Waals surface area contributed by atoms with Gasteiger partial charge in [-0.2, -0.15) is 0 Å². The summed E-state index contributed by atoms with van der Waals surface area (Å²) < 4.78 is 1.28. The van der Waals surface area contributed by atoms with Gasteiger partial charge < -0.3 is 10.8 Å². The van der Waals surface area contributed by atoms with E-state index in [0.717, 1.165) is 16.1 Å². The largest absolute Gasteiger partial charge is 0.508 e. The lowest BCUT2D eigenvalue weighted by Crippen LogP contribution is -1.86. The summed E-state index contributed by atoms with van der Waals surface area (Å²) in [6, 6.07) is 7.20. The van der Waals surface area contributed by atoms with E-state index in [1.807, 2.05) is 12.1 Å². The number of anilines is 1. The summed E-state index contributed by atoms with van der Waals surface area (Å²) >= 11 is 3.53. The number of hydrogen-bond donors (Lipinski definition) is 2. The summed E-state index contributed by atoms with van der Waals surface area (Å²) in [5, 5.41) is 10.5. The van der Waals surface area contributed by atoms with Gasteiger partial charge in [-0.05, 0) is 49.2 Å². The molecule has 4 heteroatoms. The van der Waals surface area contributed by atoms with Crippen molar-refractivity contribution in [2.75, 3.05) is 5.73 Å². The van der Waals surface area contributed by atoms with Crippen LogP contribution in [0, 0.1) is 13.8 Å². The molecule has 0 aliphatic carbocycles. The van der Waals surface area contributed by atoms with Crippen molar-refractivity contribution in [1.82, 2.24) is 0 Å². The number of fused-ring (bicyclic) bond motifs is 1. The molecule has 1 aromatic carbocycles. The zero-order chi connectivity index (χ0) is 12.9. The number of rotatable bonds is 1. The number of aromatic hydroxyl groups is 1. The summed E-state index contributed by atoms with van der Waals surface area (Å²) in [5.74, 6) is 0.280. The average Bonchev–Trinajstić information content (AvgIpc) is 2.80. The van der Waals surface area contributed by atoms with Gasteiger partial charge in [0, 0.05) is 10.3 Å². The summed E-state index contributed by atoms with van der Waals surface area (Å²) in [4.78, 5) is 2.43. The Kier molecular flexibility index (Phi) is 2.57. The zero-order valence-corrected chi connectivity index (χ0v) is 11.8. The van der Waals surface area contributed by atoms with Crippen LogP contribution in [0.4, 0.5) is 5.69 Å². The maximum Gasteiger partial charge on any atom is 0.115 e. The first-order valence-electron chi connectivity index (χ1n) is 5.65. The Balaban J connectivity index is 2.24. The third kappa shape index (κ3) is 1.61. The normalized spacial score (nSPS) is 11.2. The zero-order valence-electron chi connectivity index (χ0n) is 10.2. The van der Waals surface area contributed by atoms with Crippen molar-refractivity contribution >= 4 is 37.8 Å². The first-order chi connectivity index (χ1) is 8.58. The van der Waals surface area contributed by atoms with Gasteiger partial charge in [0.05, 0.1) is 14.6 Å². The van der Waals surface area contributed by atoms with Crippen molar-refractivity contribution in [2.24, 2.45) is 0 Å². The topological polar surface area (TPSA) is 46.2 Å². The van der Waals surface area contributed by atoms with Gasteiger partial charge in [0.2, 0.25) is 0 Å². The molecule has 3 aromatic rings. The number of hydrogen-bond acceptors (Lipinski definition) is 4. The highest BCUT2D eigenvalue weighted by Crippen LogP contribution is 2.46. The molecule has 0 aliphatic rings. The van der Waals surface area contributed by atoms with E-state index in [1.54, 1.807) is 34.8 Å². The van der Waals surface area contributed by atoms with Crippen LogP contribution in [0.3, 0.4) is 0 Å². The van der Waals surface area contributed by atoms with Crippen LogP contribution >= 0.6 is 22.7 Å². The Bertz CT molecular complexity index is 722. The molecule has 18 heavy (non-hydrogen) atoms. The molecule has 0 unspecified atom stereocenters. The highest BCUT2D eigenvalue weighted by Gasteiger charge is 2.16. The van der Waals surface area contributed by atoms with Crippen molar-refractivity contribution in [3.8, 4) is 16.2 Å². The third-order valence-corrected chi connectivity index (χ3v) is 5.74. The first kappa shape index (κ1) is 11.6. The summed E-state index contributed by atoms with van der Waals surface area (Å²) in [7, 11) is 0. The molecule has 3 N–H and O–H groups in total. The molecule has 0 spiro atoms. The van der Waals surface area contributed by atoms with Crippen molar-refractivity contribution in [2.45, 2.75) is 13.8 Å². The van der Waals surface area contributed by atoms with Crippen LogP contribution in [0.25, 0.3) is 19.8 Å². The Morgan fingerprint density at radius 2 is 1.72 bits per heavy atom. The summed E-state index contributed by atoms with van der Waals surface area (Å²) in [6.07, 6.45) is 0. The minimum Gasteiger partial charge on any atom is -0.508 e. The molecule has 3 rings (SSSR count). The molecule has 0 atom stereocenters. The van der Waals surface area contributed by atoms with E-state index in [2.05, 4.69) is 13.8 Å². The molecular formula is C14H13NOS2. The third-order valence-electron chi connectivity index (χ3n) is 3.19. The van der Waals surface area contributed by atoms with E-state index in [1.165, 1.54) is 19.8 Å². The number of aryl methyl sites for hydroxylation is 2. The lowest BCUT2D eigenvalue weighted by Gasteiger charge is -2.01. The van der Waals surface area contributed by atoms with E-state index in [4.69, 9.17) is 5.73 Å².